The van der Waals surface area contributed by atoms with E-state index in [1.165, 1.54) is 53.7 Å². The van der Waals surface area contributed by atoms with Crippen LogP contribution in [0.2, 0.25) is 10.0 Å². The second-order valence-electron chi connectivity index (χ2n) is 13.7. The van der Waals surface area contributed by atoms with Crippen LogP contribution >= 0.6 is 46.4 Å². The van der Waals surface area contributed by atoms with Crippen LogP contribution in [-0.4, -0.2) is 39.5 Å². The van der Waals surface area contributed by atoms with Crippen LogP contribution in [0.15, 0.2) is 42.5 Å². The molecule has 0 spiro atoms. The summed E-state index contributed by atoms with van der Waals surface area (Å²) in [5, 5.41) is 2.68. The quantitative estimate of drug-likeness (QED) is 0.189. The summed E-state index contributed by atoms with van der Waals surface area (Å²) >= 11 is 24.4. The molecule has 1 fully saturated rings. The minimum Gasteiger partial charge on any atom is -0.443 e. The van der Waals surface area contributed by atoms with E-state index in [1.807, 2.05) is 5.32 Å². The molecule has 1 aliphatic rings. The number of carbonyl (C=O) groups excluding carboxylic acids is 4. The van der Waals surface area contributed by atoms with Crippen molar-refractivity contribution in [2.45, 2.75) is 69.2 Å². The molecular weight excluding hydrogens is 802 g/mol. The minimum atomic E-state index is -5.20. The lowest BCUT2D eigenvalue weighted by molar-refractivity contribution is -0.137. The zero-order chi connectivity index (χ0) is 40.2. The molecule has 9 nitrogen and oxygen atoms in total. The van der Waals surface area contributed by atoms with Gasteiger partial charge in [0.15, 0.2) is 11.6 Å². The van der Waals surface area contributed by atoms with Gasteiger partial charge in [-0.3, -0.25) is 9.59 Å². The van der Waals surface area contributed by atoms with E-state index >= 15 is 8.78 Å². The monoisotopic (exact) mass is 829 g/mol. The van der Waals surface area contributed by atoms with Crippen LogP contribution in [0, 0.1) is 23.4 Å². The maximum Gasteiger partial charge on any atom is 0.424 e. The largest absolute Gasteiger partial charge is 0.443 e. The molecule has 2 N–H and O–H groups in total. The maximum absolute atomic E-state index is 16.0. The van der Waals surface area contributed by atoms with E-state index in [0.29, 0.717) is 18.2 Å². The predicted molar refractivity (Wildman–Crippen MR) is 186 cm³/mol. The van der Waals surface area contributed by atoms with E-state index in [-0.39, 0.29) is 15.5 Å². The summed E-state index contributed by atoms with van der Waals surface area (Å²) in [6.45, 7) is 8.44. The summed E-state index contributed by atoms with van der Waals surface area (Å²) in [6, 6.07) is 5.83. The van der Waals surface area contributed by atoms with Crippen LogP contribution in [0.5, 0.6) is 0 Å². The Balaban J connectivity index is 1.71. The smallest absolute Gasteiger partial charge is 0.424 e. The normalized spacial score (nSPS) is 16.8. The number of alkyl halides is 5. The van der Waals surface area contributed by atoms with Gasteiger partial charge in [-0.1, -0.05) is 29.3 Å². The van der Waals surface area contributed by atoms with Crippen molar-refractivity contribution in [3.05, 3.63) is 86.7 Å². The van der Waals surface area contributed by atoms with Gasteiger partial charge in [0.2, 0.25) is 5.91 Å². The summed E-state index contributed by atoms with van der Waals surface area (Å²) in [6.07, 6.45) is -8.32. The van der Waals surface area contributed by atoms with E-state index < -0.39 is 108 Å². The summed E-state index contributed by atoms with van der Waals surface area (Å²) < 4.78 is 95.8. The maximum atomic E-state index is 16.0. The molecule has 4 rings (SSSR count). The fourth-order valence-electron chi connectivity index (χ4n) is 4.97. The van der Waals surface area contributed by atoms with Gasteiger partial charge >= 0.3 is 18.4 Å². The highest BCUT2D eigenvalue weighted by atomic mass is 35.5. The molecule has 0 unspecified atom stereocenters. The standard InChI is InChI=1S/C34H29Cl4F6N3O6/c1-31(2,3)52-29(50)47(30(51)53-32(4,5)6)26-20(40)9-10-21(25(26)41)46-27(48)16-12-15(13-17(24(16)36)34(42,43)44)45-28(49)23-22(33(23,37)38)14-7-8-19(39)18(35)11-14/h7-13,22-23H,1-6H3,(H,45,49)(H,46,48)/t22-,23+/m0/s1. The number of benzene rings is 3. The van der Waals surface area contributed by atoms with Crippen molar-refractivity contribution in [1.29, 1.82) is 0 Å². The van der Waals surface area contributed by atoms with Crippen LogP contribution < -0.4 is 15.5 Å². The SMILES string of the molecule is CC(C)(C)OC(=O)N(C(=O)OC(C)(C)C)c1c(F)ccc(NC(=O)c2cc(NC(=O)[C@H]3[C@H](c4ccc(F)c(Cl)c4)C3(Cl)Cl)cc(C(F)(F)F)c2Cl)c1F. The van der Waals surface area contributed by atoms with Crippen molar-refractivity contribution in [2.75, 3.05) is 15.5 Å². The number of nitrogens with one attached hydrogen (secondary N) is 2. The van der Waals surface area contributed by atoms with Gasteiger partial charge in [0.1, 0.15) is 27.0 Å². The first-order valence-electron chi connectivity index (χ1n) is 15.2. The van der Waals surface area contributed by atoms with Crippen molar-refractivity contribution in [2.24, 2.45) is 5.92 Å². The molecule has 0 bridgehead atoms. The predicted octanol–water partition coefficient (Wildman–Crippen LogP) is 10.9. The number of hydrogen-bond acceptors (Lipinski definition) is 6. The lowest BCUT2D eigenvalue weighted by Crippen LogP contribution is -2.44. The second-order valence-corrected chi connectivity index (χ2v) is 15.9. The topological polar surface area (TPSA) is 114 Å². The van der Waals surface area contributed by atoms with Crippen molar-refractivity contribution < 1.29 is 55.0 Å². The molecule has 1 aliphatic carbocycles. The highest BCUT2D eigenvalue weighted by molar-refractivity contribution is 6.53. The highest BCUT2D eigenvalue weighted by Crippen LogP contribution is 2.65. The first-order valence-corrected chi connectivity index (χ1v) is 16.7. The molecule has 0 aliphatic heterocycles. The molecular formula is C34H29Cl4F6N3O6. The third-order valence-electron chi connectivity index (χ3n) is 7.22. The Labute approximate surface area is 318 Å². The number of rotatable bonds is 6. The van der Waals surface area contributed by atoms with E-state index in [4.69, 9.17) is 55.9 Å². The number of hydrogen-bond donors (Lipinski definition) is 2. The summed E-state index contributed by atoms with van der Waals surface area (Å²) in [4.78, 5) is 52.7. The summed E-state index contributed by atoms with van der Waals surface area (Å²) in [5.74, 6) is -8.72. The molecule has 2 atom stereocenters. The molecule has 0 heterocycles. The van der Waals surface area contributed by atoms with Crippen molar-refractivity contribution in [1.82, 2.24) is 0 Å². The lowest BCUT2D eigenvalue weighted by Gasteiger charge is -2.29. The molecule has 3 aromatic carbocycles. The average Bonchev–Trinajstić information content (AvgIpc) is 3.57. The molecule has 0 radical (unpaired) electrons. The number of nitrogens with zero attached hydrogens (tertiary/aromatic N) is 1. The Morgan fingerprint density at radius 1 is 0.792 bits per heavy atom. The third-order valence-corrected chi connectivity index (χ3v) is 8.86. The lowest BCUT2D eigenvalue weighted by atomic mass is 10.1. The number of ether oxygens (including phenoxy) is 2. The Kier molecular flexibility index (Phi) is 11.6. The van der Waals surface area contributed by atoms with Crippen LogP contribution in [0.1, 0.15) is 68.9 Å². The van der Waals surface area contributed by atoms with Crippen molar-refractivity contribution >= 4 is 87.5 Å². The first kappa shape index (κ1) is 41.8. The van der Waals surface area contributed by atoms with E-state index in [9.17, 15) is 36.7 Å². The van der Waals surface area contributed by atoms with Gasteiger partial charge in [-0.05, 0) is 83.5 Å². The number of imide groups is 1. The zero-order valence-corrected chi connectivity index (χ0v) is 31.4. The Bertz CT molecular complexity index is 1970. The number of halogens is 10. The zero-order valence-electron chi connectivity index (χ0n) is 28.4. The molecule has 0 saturated heterocycles. The summed E-state index contributed by atoms with van der Waals surface area (Å²) in [5.41, 5.74) is -7.71. The van der Waals surface area contributed by atoms with Gasteiger partial charge in [-0.2, -0.15) is 18.1 Å². The molecule has 1 saturated carbocycles. The van der Waals surface area contributed by atoms with E-state index in [1.54, 1.807) is 0 Å². The molecule has 3 aromatic rings. The Morgan fingerprint density at radius 3 is 1.85 bits per heavy atom. The average molecular weight is 831 g/mol. The second kappa shape index (κ2) is 14.7. The van der Waals surface area contributed by atoms with Gasteiger partial charge in [-0.15, -0.1) is 23.2 Å². The molecule has 4 amide bonds. The van der Waals surface area contributed by atoms with Gasteiger partial charge in [0.25, 0.3) is 5.91 Å². The summed E-state index contributed by atoms with van der Waals surface area (Å²) in [7, 11) is 0. The fraction of sp³-hybridized carbons (Fsp3) is 0.353. The highest BCUT2D eigenvalue weighted by Gasteiger charge is 2.67. The fourth-order valence-corrected chi connectivity index (χ4v) is 6.29. The third kappa shape index (κ3) is 9.42. The van der Waals surface area contributed by atoms with E-state index in [2.05, 4.69) is 5.32 Å². The van der Waals surface area contributed by atoms with Gasteiger partial charge in [-0.25, -0.2) is 22.8 Å². The number of anilines is 3. The Hall–Kier alpha value is -3.92. The van der Waals surface area contributed by atoms with Crippen LogP contribution in [0.25, 0.3) is 0 Å². The number of carbonyl (C=O) groups is 4. The minimum absolute atomic E-state index is 0.0828. The molecule has 19 heteroatoms. The molecule has 53 heavy (non-hydrogen) atoms. The molecule has 286 valence electrons. The van der Waals surface area contributed by atoms with Gasteiger partial charge in [0, 0.05) is 11.6 Å². The van der Waals surface area contributed by atoms with Gasteiger partial charge < -0.3 is 20.1 Å². The van der Waals surface area contributed by atoms with Gasteiger partial charge in [0.05, 0.1) is 32.8 Å². The van der Waals surface area contributed by atoms with Crippen LogP contribution in [0.4, 0.5) is 53.0 Å². The van der Waals surface area contributed by atoms with Crippen molar-refractivity contribution in [3.63, 3.8) is 0 Å². The Morgan fingerprint density at radius 2 is 1.34 bits per heavy atom. The van der Waals surface area contributed by atoms with Crippen LogP contribution in [-0.2, 0) is 20.4 Å². The van der Waals surface area contributed by atoms with Crippen molar-refractivity contribution in [3.8, 4) is 0 Å². The van der Waals surface area contributed by atoms with E-state index in [0.717, 1.165) is 12.1 Å². The number of amides is 4. The first-order chi connectivity index (χ1) is 24.1. The molecule has 0 aromatic heterocycles. The van der Waals surface area contributed by atoms with Crippen LogP contribution in [0.3, 0.4) is 0 Å².